The van der Waals surface area contributed by atoms with Crippen LogP contribution in [0, 0.1) is 11.3 Å². The minimum atomic E-state index is -0.895. The second-order valence-electron chi connectivity index (χ2n) is 3.38. The molecule has 1 aliphatic rings. The van der Waals surface area contributed by atoms with Gasteiger partial charge in [-0.15, -0.1) is 5.06 Å². The van der Waals surface area contributed by atoms with Gasteiger partial charge in [-0.3, -0.25) is 0 Å². The lowest BCUT2D eigenvalue weighted by Crippen LogP contribution is -2.43. The Bertz CT molecular complexity index is 247. The van der Waals surface area contributed by atoms with Gasteiger partial charge in [0.05, 0.1) is 11.6 Å². The van der Waals surface area contributed by atoms with Gasteiger partial charge in [0.1, 0.15) is 6.07 Å². The summed E-state index contributed by atoms with van der Waals surface area (Å²) in [6.07, 6.45) is 1.61. The molecule has 1 N–H and O–H groups in total. The maximum Gasteiger partial charge on any atom is 0.221 e. The topological polar surface area (TPSA) is 56.5 Å². The molecule has 0 radical (unpaired) electrons. The van der Waals surface area contributed by atoms with Gasteiger partial charge in [-0.05, 0) is 19.9 Å². The van der Waals surface area contributed by atoms with Crippen LogP contribution in [0.1, 0.15) is 13.8 Å². The first-order valence-electron chi connectivity index (χ1n) is 3.70. The van der Waals surface area contributed by atoms with Crippen LogP contribution in [0.25, 0.3) is 0 Å². The summed E-state index contributed by atoms with van der Waals surface area (Å²) in [5.41, 5.74) is -0.895. The number of nitriles is 1. The van der Waals surface area contributed by atoms with Crippen molar-refractivity contribution in [1.82, 2.24) is 5.06 Å². The summed E-state index contributed by atoms with van der Waals surface area (Å²) in [6.45, 7) is 3.35. The van der Waals surface area contributed by atoms with E-state index in [-0.39, 0.29) is 11.8 Å². The molecule has 0 aromatic heterocycles. The van der Waals surface area contributed by atoms with Crippen molar-refractivity contribution in [2.45, 2.75) is 25.5 Å². The number of nitrogens with zero attached hydrogens (tertiary/aromatic N) is 2. The van der Waals surface area contributed by atoms with Crippen LogP contribution in [0.2, 0.25) is 0 Å². The third-order valence-corrected chi connectivity index (χ3v) is 1.78. The predicted molar refractivity (Wildman–Crippen MR) is 42.6 cm³/mol. The minimum absolute atomic E-state index is 0.240. The largest absolute Gasteiger partial charge is 0.395 e. The van der Waals surface area contributed by atoms with E-state index in [4.69, 9.17) is 10.1 Å². The SMILES string of the molecule is CN1OC(C#N)=CC1C(C)(C)O. The van der Waals surface area contributed by atoms with Crippen LogP contribution in [0.5, 0.6) is 0 Å². The van der Waals surface area contributed by atoms with Crippen molar-refractivity contribution in [2.75, 3.05) is 7.05 Å². The highest BCUT2D eigenvalue weighted by molar-refractivity contribution is 5.21. The van der Waals surface area contributed by atoms with E-state index in [0.29, 0.717) is 0 Å². The number of hydroxylamine groups is 2. The number of aliphatic hydroxyl groups is 1. The molecule has 0 saturated heterocycles. The van der Waals surface area contributed by atoms with Crippen molar-refractivity contribution in [3.05, 3.63) is 11.8 Å². The molecule has 0 aliphatic carbocycles. The highest BCUT2D eigenvalue weighted by atomic mass is 16.7. The molecule has 4 heteroatoms. The molecule has 0 amide bonds. The van der Waals surface area contributed by atoms with E-state index < -0.39 is 5.60 Å². The van der Waals surface area contributed by atoms with Crippen LogP contribution in [0.4, 0.5) is 0 Å². The maximum absolute atomic E-state index is 9.63. The van der Waals surface area contributed by atoms with Crippen molar-refractivity contribution in [3.63, 3.8) is 0 Å². The van der Waals surface area contributed by atoms with Crippen LogP contribution < -0.4 is 0 Å². The summed E-state index contributed by atoms with van der Waals surface area (Å²) in [5, 5.41) is 19.6. The summed E-state index contributed by atoms with van der Waals surface area (Å²) in [4.78, 5) is 5.02. The highest BCUT2D eigenvalue weighted by Gasteiger charge is 2.35. The standard InChI is InChI=1S/C8H12N2O2/c1-8(2,11)7-4-6(5-9)12-10(7)3/h4,7,11H,1-3H3. The molecule has 1 unspecified atom stereocenters. The second kappa shape index (κ2) is 2.77. The average Bonchev–Trinajstić information content (AvgIpc) is 2.29. The van der Waals surface area contributed by atoms with Crippen LogP contribution >= 0.6 is 0 Å². The summed E-state index contributed by atoms with van der Waals surface area (Å²) in [5.74, 6) is 0.240. The summed E-state index contributed by atoms with van der Waals surface area (Å²) < 4.78 is 0. The first-order chi connectivity index (χ1) is 5.45. The third kappa shape index (κ3) is 1.58. The summed E-state index contributed by atoms with van der Waals surface area (Å²) in [6, 6.07) is 1.63. The molecule has 66 valence electrons. The molecular formula is C8H12N2O2. The van der Waals surface area contributed by atoms with E-state index in [1.165, 1.54) is 5.06 Å². The maximum atomic E-state index is 9.63. The van der Waals surface area contributed by atoms with Gasteiger partial charge in [0, 0.05) is 7.05 Å². The van der Waals surface area contributed by atoms with Gasteiger partial charge >= 0.3 is 0 Å². The van der Waals surface area contributed by atoms with Gasteiger partial charge in [0.25, 0.3) is 0 Å². The molecule has 0 spiro atoms. The molecule has 0 fully saturated rings. The van der Waals surface area contributed by atoms with E-state index in [1.54, 1.807) is 27.0 Å². The Hall–Kier alpha value is -1.05. The van der Waals surface area contributed by atoms with Crippen molar-refractivity contribution >= 4 is 0 Å². The van der Waals surface area contributed by atoms with E-state index in [0.717, 1.165) is 0 Å². The normalized spacial score (nSPS) is 24.6. The lowest BCUT2D eigenvalue weighted by atomic mass is 9.99. The molecule has 4 nitrogen and oxygen atoms in total. The van der Waals surface area contributed by atoms with Gasteiger partial charge in [-0.2, -0.15) is 5.26 Å². The number of likely N-dealkylation sites (N-methyl/N-ethyl adjacent to an activating group) is 1. The van der Waals surface area contributed by atoms with E-state index in [9.17, 15) is 5.11 Å². The Kier molecular flexibility index (Phi) is 2.09. The van der Waals surface area contributed by atoms with Crippen molar-refractivity contribution in [2.24, 2.45) is 0 Å². The molecule has 12 heavy (non-hydrogen) atoms. The Morgan fingerprint density at radius 1 is 1.75 bits per heavy atom. The molecule has 0 aromatic carbocycles. The summed E-state index contributed by atoms with van der Waals surface area (Å²) in [7, 11) is 1.68. The highest BCUT2D eigenvalue weighted by Crippen LogP contribution is 2.24. The average molecular weight is 168 g/mol. The number of allylic oxidation sites excluding steroid dienone is 1. The first kappa shape index (κ1) is 9.04. The molecule has 1 heterocycles. The fourth-order valence-electron chi connectivity index (χ4n) is 1.20. The Morgan fingerprint density at radius 2 is 2.33 bits per heavy atom. The smallest absolute Gasteiger partial charge is 0.221 e. The molecular weight excluding hydrogens is 156 g/mol. The molecule has 1 atom stereocenters. The van der Waals surface area contributed by atoms with E-state index in [1.807, 2.05) is 6.07 Å². The van der Waals surface area contributed by atoms with Gasteiger partial charge in [0.15, 0.2) is 0 Å². The van der Waals surface area contributed by atoms with Gasteiger partial charge in [0.2, 0.25) is 5.76 Å². The van der Waals surface area contributed by atoms with Crippen molar-refractivity contribution in [3.8, 4) is 6.07 Å². The van der Waals surface area contributed by atoms with Crippen LogP contribution in [0.3, 0.4) is 0 Å². The fraction of sp³-hybridized carbons (Fsp3) is 0.625. The Labute approximate surface area is 71.6 Å². The van der Waals surface area contributed by atoms with Crippen molar-refractivity contribution < 1.29 is 9.94 Å². The Balaban J connectivity index is 2.82. The van der Waals surface area contributed by atoms with Gasteiger partial charge in [-0.1, -0.05) is 0 Å². The van der Waals surface area contributed by atoms with Crippen LogP contribution in [-0.4, -0.2) is 28.9 Å². The lowest BCUT2D eigenvalue weighted by molar-refractivity contribution is -0.134. The fourth-order valence-corrected chi connectivity index (χ4v) is 1.20. The predicted octanol–water partition coefficient (Wildman–Crippen LogP) is 0.410. The number of rotatable bonds is 1. The van der Waals surface area contributed by atoms with Crippen LogP contribution in [-0.2, 0) is 4.84 Å². The summed E-state index contributed by atoms with van der Waals surface area (Å²) >= 11 is 0. The monoisotopic (exact) mass is 168 g/mol. The molecule has 0 bridgehead atoms. The van der Waals surface area contributed by atoms with Gasteiger partial charge in [-0.25, -0.2) is 0 Å². The zero-order chi connectivity index (χ0) is 9.35. The molecule has 1 aliphatic heterocycles. The molecule has 0 aromatic rings. The number of hydrogen-bond donors (Lipinski definition) is 1. The third-order valence-electron chi connectivity index (χ3n) is 1.78. The quantitative estimate of drug-likeness (QED) is 0.616. The van der Waals surface area contributed by atoms with Crippen LogP contribution in [0.15, 0.2) is 11.8 Å². The first-order valence-corrected chi connectivity index (χ1v) is 3.70. The minimum Gasteiger partial charge on any atom is -0.395 e. The lowest BCUT2D eigenvalue weighted by Gasteiger charge is -2.28. The van der Waals surface area contributed by atoms with E-state index >= 15 is 0 Å². The Morgan fingerprint density at radius 3 is 2.58 bits per heavy atom. The zero-order valence-corrected chi connectivity index (χ0v) is 7.40. The van der Waals surface area contributed by atoms with Gasteiger partial charge < -0.3 is 9.94 Å². The zero-order valence-electron chi connectivity index (χ0n) is 7.40. The molecule has 1 rings (SSSR count). The number of hydrogen-bond acceptors (Lipinski definition) is 4. The van der Waals surface area contributed by atoms with E-state index in [2.05, 4.69) is 0 Å². The van der Waals surface area contributed by atoms with Crippen molar-refractivity contribution in [1.29, 1.82) is 5.26 Å². The molecule has 0 saturated carbocycles. The second-order valence-corrected chi connectivity index (χ2v) is 3.38.